The predicted octanol–water partition coefficient (Wildman–Crippen LogP) is 1.62. The van der Waals surface area contributed by atoms with Crippen LogP contribution in [-0.4, -0.2) is 71.8 Å². The number of amides is 2. The van der Waals surface area contributed by atoms with Gasteiger partial charge in [0.15, 0.2) is 0 Å². The summed E-state index contributed by atoms with van der Waals surface area (Å²) in [7, 11) is -3.96. The van der Waals surface area contributed by atoms with Gasteiger partial charge in [-0.25, -0.2) is 8.42 Å². The van der Waals surface area contributed by atoms with Crippen molar-refractivity contribution in [3.63, 3.8) is 0 Å². The molecule has 0 spiro atoms. The van der Waals surface area contributed by atoms with Crippen molar-refractivity contribution in [3.8, 4) is 0 Å². The molecule has 204 valence electrons. The van der Waals surface area contributed by atoms with E-state index in [-0.39, 0.29) is 40.6 Å². The summed E-state index contributed by atoms with van der Waals surface area (Å²) >= 11 is 0. The molecule has 0 aliphatic carbocycles. The third-order valence-electron chi connectivity index (χ3n) is 8.13. The first kappa shape index (κ1) is 25.7. The Morgan fingerprint density at radius 1 is 1.08 bits per heavy atom. The van der Waals surface area contributed by atoms with E-state index < -0.39 is 16.1 Å². The van der Waals surface area contributed by atoms with Crippen LogP contribution in [0.3, 0.4) is 0 Å². The van der Waals surface area contributed by atoms with E-state index in [2.05, 4.69) is 9.71 Å². The second kappa shape index (κ2) is 9.87. The topological polar surface area (TPSA) is 122 Å². The molecule has 3 aliphatic heterocycles. The quantitative estimate of drug-likeness (QED) is 0.516. The van der Waals surface area contributed by atoms with Crippen LogP contribution in [-0.2, 0) is 26.2 Å². The Morgan fingerprint density at radius 2 is 1.92 bits per heavy atom. The maximum atomic E-state index is 13.3. The van der Waals surface area contributed by atoms with E-state index in [0.717, 1.165) is 23.2 Å². The number of rotatable bonds is 5. The summed E-state index contributed by atoms with van der Waals surface area (Å²) < 4.78 is 30.7. The van der Waals surface area contributed by atoms with Crippen LogP contribution in [0.1, 0.15) is 36.6 Å². The van der Waals surface area contributed by atoms with Crippen LogP contribution >= 0.6 is 0 Å². The van der Waals surface area contributed by atoms with Gasteiger partial charge in [0.25, 0.3) is 5.56 Å². The number of aromatic nitrogens is 2. The van der Waals surface area contributed by atoms with E-state index in [4.69, 9.17) is 0 Å². The van der Waals surface area contributed by atoms with Gasteiger partial charge in [-0.3, -0.25) is 19.4 Å². The van der Waals surface area contributed by atoms with Crippen LogP contribution < -0.4 is 10.3 Å². The van der Waals surface area contributed by atoms with Gasteiger partial charge in [-0.2, -0.15) is 4.72 Å². The summed E-state index contributed by atoms with van der Waals surface area (Å²) in [4.78, 5) is 46.4. The molecule has 11 heteroatoms. The Balaban J connectivity index is 1.13. The van der Waals surface area contributed by atoms with Crippen molar-refractivity contribution < 1.29 is 18.0 Å². The average Bonchev–Trinajstić information content (AvgIpc) is 2.91. The minimum absolute atomic E-state index is 0.00941. The largest absolute Gasteiger partial charge is 0.340 e. The zero-order valence-electron chi connectivity index (χ0n) is 21.7. The first-order valence-electron chi connectivity index (χ1n) is 13.3. The summed E-state index contributed by atoms with van der Waals surface area (Å²) in [6.07, 6.45) is 3.53. The van der Waals surface area contributed by atoms with Gasteiger partial charge >= 0.3 is 0 Å². The number of fused-ring (bicyclic) bond motifs is 5. The monoisotopic (exact) mass is 549 g/mol. The highest BCUT2D eigenvalue weighted by Crippen LogP contribution is 2.35. The van der Waals surface area contributed by atoms with Gasteiger partial charge in [-0.15, -0.1) is 0 Å². The Hall–Kier alpha value is -3.57. The zero-order chi connectivity index (χ0) is 27.3. The highest BCUT2D eigenvalue weighted by atomic mass is 32.2. The highest BCUT2D eigenvalue weighted by molar-refractivity contribution is 7.89. The molecule has 2 saturated heterocycles. The third-order valence-corrected chi connectivity index (χ3v) is 9.60. The number of carbonyl (C=O) groups is 2. The van der Waals surface area contributed by atoms with E-state index in [1.54, 1.807) is 35.4 Å². The van der Waals surface area contributed by atoms with E-state index in [1.807, 2.05) is 23.6 Å². The molecule has 6 rings (SSSR count). The molecule has 3 aliphatic rings. The maximum Gasteiger partial charge on any atom is 0.250 e. The van der Waals surface area contributed by atoms with Crippen molar-refractivity contribution in [2.24, 2.45) is 5.92 Å². The summed E-state index contributed by atoms with van der Waals surface area (Å²) in [5.74, 6) is -0.248. The van der Waals surface area contributed by atoms with Crippen LogP contribution in [0.5, 0.6) is 0 Å². The number of piperidine rings is 2. The summed E-state index contributed by atoms with van der Waals surface area (Å²) in [5, 5.41) is 1.58. The Kier molecular flexibility index (Phi) is 6.50. The van der Waals surface area contributed by atoms with Crippen molar-refractivity contribution in [3.05, 3.63) is 70.4 Å². The number of benzene rings is 1. The lowest BCUT2D eigenvalue weighted by Gasteiger charge is -2.43. The number of pyridine rings is 2. The van der Waals surface area contributed by atoms with E-state index in [9.17, 15) is 22.8 Å². The molecule has 2 fully saturated rings. The first-order valence-corrected chi connectivity index (χ1v) is 14.8. The Bertz CT molecular complexity index is 1630. The fourth-order valence-corrected chi connectivity index (χ4v) is 7.48. The number of aryl methyl sites for hydroxylation is 1. The van der Waals surface area contributed by atoms with Crippen LogP contribution in [0, 0.1) is 12.8 Å². The minimum Gasteiger partial charge on any atom is -0.340 e. The lowest BCUT2D eigenvalue weighted by molar-refractivity contribution is -0.144. The molecule has 2 bridgehead atoms. The number of hydrogen-bond donors (Lipinski definition) is 1. The molecule has 2 aromatic heterocycles. The van der Waals surface area contributed by atoms with Gasteiger partial charge in [-0.05, 0) is 61.8 Å². The number of likely N-dealkylation sites (tertiary alicyclic amines) is 2. The SMILES string of the molecule is Cc1cc2ccc(S(=O)(=O)N[C@H]3CCCN(CC(=O)N4C[C@@H]5C[C@H](C4)c4cccc(=O)n4C5)C3=O)cc2cn1. The van der Waals surface area contributed by atoms with Crippen molar-refractivity contribution in [2.75, 3.05) is 26.2 Å². The lowest BCUT2D eigenvalue weighted by atomic mass is 9.83. The number of hydrogen-bond acceptors (Lipinski definition) is 6. The molecule has 0 saturated carbocycles. The summed E-state index contributed by atoms with van der Waals surface area (Å²) in [6.45, 7) is 3.83. The van der Waals surface area contributed by atoms with E-state index in [0.29, 0.717) is 44.4 Å². The molecule has 5 heterocycles. The van der Waals surface area contributed by atoms with Crippen molar-refractivity contribution in [1.29, 1.82) is 0 Å². The van der Waals surface area contributed by atoms with Crippen molar-refractivity contribution in [2.45, 2.75) is 49.6 Å². The van der Waals surface area contributed by atoms with Gasteiger partial charge in [0.2, 0.25) is 21.8 Å². The van der Waals surface area contributed by atoms with E-state index in [1.165, 1.54) is 11.0 Å². The molecular formula is C28H31N5O5S. The molecule has 0 radical (unpaired) electrons. The van der Waals surface area contributed by atoms with E-state index >= 15 is 0 Å². The van der Waals surface area contributed by atoms with Crippen molar-refractivity contribution >= 4 is 32.6 Å². The van der Waals surface area contributed by atoms with Crippen LogP contribution in [0.25, 0.3) is 10.8 Å². The standard InChI is InChI=1S/C28H31N5O5S/c1-18-10-20-7-8-23(12-21(20)13-29-18)39(37,38)30-24-4-3-9-31(28(24)36)17-27(35)32-14-19-11-22(16-32)25-5-2-6-26(34)33(25)15-19/h2,5-8,10,12-13,19,22,24,30H,3-4,9,11,14-17H2,1H3/t19-,22+,24-/m0/s1. The number of nitrogens with zero attached hydrogens (tertiary/aromatic N) is 4. The second-order valence-corrected chi connectivity index (χ2v) is 12.6. The molecule has 3 atom stereocenters. The van der Waals surface area contributed by atoms with Gasteiger partial charge in [0.05, 0.1) is 11.4 Å². The second-order valence-electron chi connectivity index (χ2n) is 10.9. The maximum absolute atomic E-state index is 13.3. The summed E-state index contributed by atoms with van der Waals surface area (Å²) in [5.41, 5.74) is 1.79. The Labute approximate surface area is 226 Å². The fraction of sp³-hybridized carbons (Fsp3) is 0.429. The van der Waals surface area contributed by atoms with Gasteiger partial charge in [0.1, 0.15) is 6.04 Å². The normalized spacial score (nSPS) is 23.1. The first-order chi connectivity index (χ1) is 18.7. The average molecular weight is 550 g/mol. The lowest BCUT2D eigenvalue weighted by Crippen LogP contribution is -2.56. The molecule has 10 nitrogen and oxygen atoms in total. The predicted molar refractivity (Wildman–Crippen MR) is 145 cm³/mol. The highest BCUT2D eigenvalue weighted by Gasteiger charge is 2.38. The smallest absolute Gasteiger partial charge is 0.250 e. The molecular weight excluding hydrogens is 518 g/mol. The van der Waals surface area contributed by atoms with Crippen molar-refractivity contribution in [1.82, 2.24) is 24.1 Å². The molecule has 2 amide bonds. The van der Waals surface area contributed by atoms with Crippen LogP contribution in [0.15, 0.2) is 58.4 Å². The molecule has 1 N–H and O–H groups in total. The molecule has 39 heavy (non-hydrogen) atoms. The Morgan fingerprint density at radius 3 is 2.77 bits per heavy atom. The van der Waals surface area contributed by atoms with Crippen LogP contribution in [0.4, 0.5) is 0 Å². The number of carbonyl (C=O) groups excluding carboxylic acids is 2. The summed E-state index contributed by atoms with van der Waals surface area (Å²) in [6, 6.07) is 11.0. The number of sulfonamides is 1. The molecule has 1 aromatic carbocycles. The minimum atomic E-state index is -3.96. The zero-order valence-corrected chi connectivity index (χ0v) is 22.6. The van der Waals surface area contributed by atoms with Crippen LogP contribution in [0.2, 0.25) is 0 Å². The van der Waals surface area contributed by atoms with Gasteiger partial charge in [-0.1, -0.05) is 12.1 Å². The fourth-order valence-electron chi connectivity index (χ4n) is 6.22. The molecule has 0 unspecified atom stereocenters. The molecule has 3 aromatic rings. The van der Waals surface area contributed by atoms with Gasteiger partial charge in [0, 0.05) is 61.1 Å². The third kappa shape index (κ3) is 4.96. The number of nitrogens with one attached hydrogen (secondary N) is 1. The van der Waals surface area contributed by atoms with Gasteiger partial charge < -0.3 is 14.4 Å².